The molecule has 0 aliphatic carbocycles. The Morgan fingerprint density at radius 1 is 1.55 bits per heavy atom. The fraction of sp³-hybridized carbons (Fsp3) is 1.00. The molecule has 4 nitrogen and oxygen atoms in total. The van der Waals surface area contributed by atoms with Gasteiger partial charge in [-0.15, -0.1) is 0 Å². The SMILES string of the molecule is CN1N[O+]C(O)C1C(F)(F)F. The van der Waals surface area contributed by atoms with Crippen molar-refractivity contribution in [3.8, 4) is 0 Å². The summed E-state index contributed by atoms with van der Waals surface area (Å²) in [7, 11) is 1.13. The van der Waals surface area contributed by atoms with Crippen LogP contribution < -0.4 is 5.59 Å². The van der Waals surface area contributed by atoms with Gasteiger partial charge < -0.3 is 5.11 Å². The fourth-order valence-electron chi connectivity index (χ4n) is 0.831. The van der Waals surface area contributed by atoms with Gasteiger partial charge in [-0.25, -0.2) is 0 Å². The maximum absolute atomic E-state index is 11.9. The molecule has 1 rings (SSSR count). The zero-order valence-electron chi connectivity index (χ0n) is 5.59. The first-order valence-electron chi connectivity index (χ1n) is 2.82. The van der Waals surface area contributed by atoms with Crippen LogP contribution in [-0.2, 0) is 4.84 Å². The molecule has 7 heteroatoms. The van der Waals surface area contributed by atoms with Crippen LogP contribution in [-0.4, -0.2) is 35.7 Å². The van der Waals surface area contributed by atoms with Crippen LogP contribution in [0.3, 0.4) is 0 Å². The third-order valence-corrected chi connectivity index (χ3v) is 1.34. The van der Waals surface area contributed by atoms with E-state index in [-0.39, 0.29) is 0 Å². The molecule has 0 aromatic carbocycles. The summed E-state index contributed by atoms with van der Waals surface area (Å²) in [5.74, 6) is 0. The summed E-state index contributed by atoms with van der Waals surface area (Å²) in [6.45, 7) is 0. The van der Waals surface area contributed by atoms with Crippen molar-refractivity contribution >= 4 is 0 Å². The molecule has 1 heterocycles. The van der Waals surface area contributed by atoms with Crippen LogP contribution in [0.1, 0.15) is 0 Å². The summed E-state index contributed by atoms with van der Waals surface area (Å²) in [6, 6.07) is -2.00. The highest BCUT2D eigenvalue weighted by atomic mass is 19.4. The van der Waals surface area contributed by atoms with Crippen molar-refractivity contribution < 1.29 is 23.1 Å². The van der Waals surface area contributed by atoms with Gasteiger partial charge in [0, 0.05) is 11.9 Å². The largest absolute Gasteiger partial charge is 0.416 e. The minimum absolute atomic E-state index is 0.657. The summed E-state index contributed by atoms with van der Waals surface area (Å²) >= 11 is 0. The van der Waals surface area contributed by atoms with Crippen LogP contribution in [0, 0.1) is 0 Å². The summed E-state index contributed by atoms with van der Waals surface area (Å²) in [6.07, 6.45) is -6.35. The first-order chi connectivity index (χ1) is 4.93. The van der Waals surface area contributed by atoms with Gasteiger partial charge >= 0.3 is 12.5 Å². The molecule has 1 saturated heterocycles. The average Bonchev–Trinajstić information content (AvgIpc) is 2.08. The monoisotopic (exact) mass is 172 g/mol. The van der Waals surface area contributed by atoms with Gasteiger partial charge in [0.2, 0.25) is 6.04 Å². The fourth-order valence-corrected chi connectivity index (χ4v) is 0.831. The van der Waals surface area contributed by atoms with Crippen molar-refractivity contribution in [2.45, 2.75) is 18.5 Å². The number of aliphatic hydroxyl groups excluding tert-OH is 1. The maximum Gasteiger partial charge on any atom is 0.416 e. The molecule has 0 saturated carbocycles. The number of hydrogen-bond donors (Lipinski definition) is 2. The van der Waals surface area contributed by atoms with E-state index in [9.17, 15) is 13.2 Å². The molecule has 65 valence electrons. The molecule has 1 fully saturated rings. The second-order valence-electron chi connectivity index (χ2n) is 2.20. The molecule has 0 spiro atoms. The van der Waals surface area contributed by atoms with Crippen molar-refractivity contribution in [2.24, 2.45) is 0 Å². The molecule has 1 aliphatic rings. The highest BCUT2D eigenvalue weighted by molar-refractivity contribution is 4.79. The lowest BCUT2D eigenvalue weighted by molar-refractivity contribution is -0.207. The molecule has 2 atom stereocenters. The number of nitrogens with one attached hydrogen (secondary N) is 1. The molecule has 0 aromatic heterocycles. The van der Waals surface area contributed by atoms with Gasteiger partial charge in [0.1, 0.15) is 0 Å². The smallest absolute Gasteiger partial charge is 0.319 e. The van der Waals surface area contributed by atoms with Gasteiger partial charge in [0.05, 0.1) is 5.59 Å². The lowest BCUT2D eigenvalue weighted by Gasteiger charge is -2.15. The van der Waals surface area contributed by atoms with E-state index < -0.39 is 18.5 Å². The second-order valence-corrected chi connectivity index (χ2v) is 2.20. The van der Waals surface area contributed by atoms with Crippen molar-refractivity contribution in [1.29, 1.82) is 0 Å². The van der Waals surface area contributed by atoms with Crippen LogP contribution in [0.25, 0.3) is 0 Å². The van der Waals surface area contributed by atoms with Crippen LogP contribution in [0.15, 0.2) is 0 Å². The number of halogens is 3. The molecule has 11 heavy (non-hydrogen) atoms. The lowest BCUT2D eigenvalue weighted by Crippen LogP contribution is -2.46. The molecule has 0 amide bonds. The predicted octanol–water partition coefficient (Wildman–Crippen LogP) is -0.383. The summed E-state index contributed by atoms with van der Waals surface area (Å²) in [5, 5.41) is 9.31. The second kappa shape index (κ2) is 2.59. The van der Waals surface area contributed by atoms with Crippen molar-refractivity contribution in [3.05, 3.63) is 0 Å². The van der Waals surface area contributed by atoms with E-state index in [0.717, 1.165) is 7.05 Å². The maximum atomic E-state index is 11.9. The topological polar surface area (TPSA) is 46.8 Å². The highest BCUT2D eigenvalue weighted by Gasteiger charge is 2.59. The van der Waals surface area contributed by atoms with Gasteiger partial charge in [0.25, 0.3) is 0 Å². The van der Waals surface area contributed by atoms with Crippen LogP contribution in [0.5, 0.6) is 0 Å². The van der Waals surface area contributed by atoms with Crippen LogP contribution >= 0.6 is 0 Å². The van der Waals surface area contributed by atoms with E-state index in [1.165, 1.54) is 0 Å². The van der Waals surface area contributed by atoms with Gasteiger partial charge in [0.15, 0.2) is 0 Å². The molecule has 0 bridgehead atoms. The van der Waals surface area contributed by atoms with E-state index in [0.29, 0.717) is 5.01 Å². The summed E-state index contributed by atoms with van der Waals surface area (Å²) < 4.78 is 35.8. The average molecular weight is 172 g/mol. The number of hydrazine groups is 1. The normalized spacial score (nSPS) is 34.6. The van der Waals surface area contributed by atoms with Gasteiger partial charge in [-0.05, 0) is 0 Å². The number of aliphatic hydroxyl groups is 1. The number of alkyl halides is 3. The van der Waals surface area contributed by atoms with Crippen molar-refractivity contribution in [2.75, 3.05) is 7.05 Å². The molecular formula is C4H7F3N2O2+. The van der Waals surface area contributed by atoms with E-state index >= 15 is 0 Å². The highest BCUT2D eigenvalue weighted by Crippen LogP contribution is 2.28. The number of nitrogens with zero attached hydrogens (tertiary/aromatic N) is 1. The first-order valence-corrected chi connectivity index (χ1v) is 2.82. The minimum Gasteiger partial charge on any atom is -0.319 e. The zero-order chi connectivity index (χ0) is 8.65. The van der Waals surface area contributed by atoms with E-state index in [1.807, 2.05) is 5.59 Å². The summed E-state index contributed by atoms with van der Waals surface area (Å²) in [4.78, 5) is 4.12. The molecule has 2 N–H and O–H groups in total. The van der Waals surface area contributed by atoms with E-state index in [2.05, 4.69) is 4.84 Å². The Kier molecular flexibility index (Phi) is 2.06. The van der Waals surface area contributed by atoms with E-state index in [4.69, 9.17) is 5.11 Å². The molecule has 2 unspecified atom stereocenters. The third-order valence-electron chi connectivity index (χ3n) is 1.34. The van der Waals surface area contributed by atoms with E-state index in [1.54, 1.807) is 0 Å². The Morgan fingerprint density at radius 3 is 2.27 bits per heavy atom. The Morgan fingerprint density at radius 2 is 2.09 bits per heavy atom. The zero-order valence-corrected chi connectivity index (χ0v) is 5.59. The van der Waals surface area contributed by atoms with Gasteiger partial charge in [-0.3, -0.25) is 0 Å². The standard InChI is InChI=1S/C4H7F3N2O2/c1-9-2(4(5,6)7)3(10)11-8-9/h2-3,8,10H,1H3/q+1. The molecular weight excluding hydrogens is 165 g/mol. The number of rotatable bonds is 0. The van der Waals surface area contributed by atoms with Crippen molar-refractivity contribution in [1.82, 2.24) is 10.6 Å². The Balaban J connectivity index is 2.69. The molecule has 0 aromatic rings. The number of likely N-dealkylation sites (N-methyl/N-ethyl adjacent to an activating group) is 1. The molecule has 1 radical (unpaired) electrons. The summed E-state index contributed by atoms with van der Waals surface area (Å²) in [5.41, 5.74) is 1.89. The van der Waals surface area contributed by atoms with Gasteiger partial charge in [-0.1, -0.05) is 0 Å². The van der Waals surface area contributed by atoms with Crippen LogP contribution in [0.4, 0.5) is 13.2 Å². The quantitative estimate of drug-likeness (QED) is 0.489. The Labute approximate surface area is 60.5 Å². The molecule has 1 aliphatic heterocycles. The lowest BCUT2D eigenvalue weighted by atomic mass is 10.3. The minimum atomic E-state index is -4.49. The Bertz CT molecular complexity index is 141. The number of hydrogen-bond acceptors (Lipinski definition) is 4. The Hall–Kier alpha value is -0.370. The predicted molar refractivity (Wildman–Crippen MR) is 27.8 cm³/mol. The van der Waals surface area contributed by atoms with Crippen molar-refractivity contribution in [3.63, 3.8) is 0 Å². The van der Waals surface area contributed by atoms with Crippen LogP contribution in [0.2, 0.25) is 0 Å². The first kappa shape index (κ1) is 8.72. The van der Waals surface area contributed by atoms with Gasteiger partial charge in [-0.2, -0.15) is 18.2 Å². The third kappa shape index (κ3) is 1.62.